The minimum absolute atomic E-state index is 0.0351. The smallest absolute Gasteiger partial charge is 0.301 e. The summed E-state index contributed by atoms with van der Waals surface area (Å²) in [7, 11) is 0. The van der Waals surface area contributed by atoms with Gasteiger partial charge in [0.15, 0.2) is 0 Å². The number of nitro groups is 2. The third-order valence-corrected chi connectivity index (χ3v) is 4.15. The fourth-order valence-corrected chi connectivity index (χ4v) is 2.97. The Hall–Kier alpha value is -2.55. The predicted molar refractivity (Wildman–Crippen MR) is 82.6 cm³/mol. The van der Waals surface area contributed by atoms with Crippen molar-refractivity contribution in [2.45, 2.75) is 44.3 Å². The molecule has 2 aliphatic heterocycles. The molecule has 9 heteroatoms. The molecule has 0 amide bonds. The summed E-state index contributed by atoms with van der Waals surface area (Å²) in [6, 6.07) is 3.44. The van der Waals surface area contributed by atoms with Crippen LogP contribution in [-0.2, 0) is 4.74 Å². The number of anilines is 1. The molecule has 2 atom stereocenters. The van der Waals surface area contributed by atoms with Crippen LogP contribution < -0.4 is 5.43 Å². The highest BCUT2D eigenvalue weighted by molar-refractivity contribution is 5.90. The first kappa shape index (κ1) is 15.3. The van der Waals surface area contributed by atoms with E-state index in [-0.39, 0.29) is 23.2 Å². The second kappa shape index (κ2) is 6.29. The van der Waals surface area contributed by atoms with Gasteiger partial charge in [-0.3, -0.25) is 25.7 Å². The van der Waals surface area contributed by atoms with E-state index in [9.17, 15) is 20.2 Å². The van der Waals surface area contributed by atoms with Gasteiger partial charge in [0.1, 0.15) is 5.69 Å². The van der Waals surface area contributed by atoms with Gasteiger partial charge in [-0.15, -0.1) is 0 Å². The van der Waals surface area contributed by atoms with Crippen LogP contribution in [-0.4, -0.2) is 27.8 Å². The molecule has 1 aromatic rings. The average molecular weight is 320 g/mol. The van der Waals surface area contributed by atoms with Crippen molar-refractivity contribution in [3.05, 3.63) is 38.4 Å². The number of nitrogens with one attached hydrogen (secondary N) is 1. The lowest BCUT2D eigenvalue weighted by atomic mass is 9.90. The molecule has 0 aromatic heterocycles. The van der Waals surface area contributed by atoms with Crippen molar-refractivity contribution in [3.8, 4) is 0 Å². The van der Waals surface area contributed by atoms with Crippen LogP contribution in [0.2, 0.25) is 0 Å². The highest BCUT2D eigenvalue weighted by Gasteiger charge is 2.31. The number of fused-ring (bicyclic) bond motifs is 2. The molecule has 0 spiro atoms. The van der Waals surface area contributed by atoms with Crippen LogP contribution in [0.1, 0.15) is 32.1 Å². The van der Waals surface area contributed by atoms with Gasteiger partial charge in [-0.05, 0) is 38.2 Å². The molecular weight excluding hydrogens is 304 g/mol. The molecule has 0 radical (unpaired) electrons. The minimum Gasteiger partial charge on any atom is -0.369 e. The lowest BCUT2D eigenvalue weighted by Crippen LogP contribution is -2.39. The Labute approximate surface area is 131 Å². The second-order valence-electron chi connectivity index (χ2n) is 5.65. The monoisotopic (exact) mass is 320 g/mol. The molecule has 2 aliphatic rings. The van der Waals surface area contributed by atoms with E-state index in [1.807, 2.05) is 0 Å². The summed E-state index contributed by atoms with van der Waals surface area (Å²) in [5.74, 6) is 0. The summed E-state index contributed by atoms with van der Waals surface area (Å²) < 4.78 is 5.86. The van der Waals surface area contributed by atoms with Gasteiger partial charge in [0.2, 0.25) is 0 Å². The van der Waals surface area contributed by atoms with E-state index >= 15 is 0 Å². The highest BCUT2D eigenvalue weighted by Crippen LogP contribution is 2.31. The van der Waals surface area contributed by atoms with Crippen molar-refractivity contribution in [1.29, 1.82) is 0 Å². The lowest BCUT2D eigenvalue weighted by molar-refractivity contribution is -0.393. The Kier molecular flexibility index (Phi) is 4.20. The number of rotatable bonds is 4. The van der Waals surface area contributed by atoms with Crippen LogP contribution in [0.3, 0.4) is 0 Å². The van der Waals surface area contributed by atoms with Gasteiger partial charge in [0.25, 0.3) is 5.69 Å². The Morgan fingerprint density at radius 1 is 1.17 bits per heavy atom. The molecule has 122 valence electrons. The Bertz CT molecular complexity index is 675. The normalized spacial score (nSPS) is 25.1. The van der Waals surface area contributed by atoms with Crippen molar-refractivity contribution in [2.24, 2.45) is 5.10 Å². The molecule has 2 heterocycles. The number of nitrogens with zero attached hydrogens (tertiary/aromatic N) is 3. The molecule has 0 aliphatic carbocycles. The summed E-state index contributed by atoms with van der Waals surface area (Å²) in [6.07, 6.45) is 5.02. The van der Waals surface area contributed by atoms with Crippen molar-refractivity contribution in [1.82, 2.24) is 0 Å². The average Bonchev–Trinajstić information content (AvgIpc) is 2.54. The van der Waals surface area contributed by atoms with E-state index in [0.29, 0.717) is 6.10 Å². The summed E-state index contributed by atoms with van der Waals surface area (Å²) in [5, 5.41) is 26.1. The maximum absolute atomic E-state index is 11.1. The largest absolute Gasteiger partial charge is 0.369 e. The summed E-state index contributed by atoms with van der Waals surface area (Å²) >= 11 is 0. The molecule has 23 heavy (non-hydrogen) atoms. The van der Waals surface area contributed by atoms with E-state index < -0.39 is 9.85 Å². The minimum atomic E-state index is -0.667. The third kappa shape index (κ3) is 3.29. The quantitative estimate of drug-likeness (QED) is 0.672. The van der Waals surface area contributed by atoms with E-state index in [2.05, 4.69) is 10.5 Å². The van der Waals surface area contributed by atoms with Crippen LogP contribution in [0, 0.1) is 20.2 Å². The predicted octanol–water partition coefficient (Wildman–Crippen LogP) is 3.00. The molecular formula is C14H16N4O5. The van der Waals surface area contributed by atoms with Gasteiger partial charge in [0.05, 0.1) is 33.8 Å². The number of hydrogen-bond donors (Lipinski definition) is 1. The topological polar surface area (TPSA) is 120 Å². The maximum Gasteiger partial charge on any atom is 0.301 e. The summed E-state index contributed by atoms with van der Waals surface area (Å²) in [5.41, 5.74) is 2.95. The van der Waals surface area contributed by atoms with E-state index in [0.717, 1.165) is 43.9 Å². The van der Waals surface area contributed by atoms with Crippen molar-refractivity contribution < 1.29 is 14.6 Å². The number of benzene rings is 1. The van der Waals surface area contributed by atoms with Crippen molar-refractivity contribution >= 4 is 22.8 Å². The third-order valence-electron chi connectivity index (χ3n) is 4.15. The van der Waals surface area contributed by atoms with Crippen LogP contribution in [0.25, 0.3) is 0 Å². The molecule has 2 saturated heterocycles. The molecule has 2 bridgehead atoms. The zero-order valence-electron chi connectivity index (χ0n) is 12.3. The molecule has 2 fully saturated rings. The van der Waals surface area contributed by atoms with Gasteiger partial charge in [0, 0.05) is 6.07 Å². The maximum atomic E-state index is 11.1. The number of non-ortho nitro benzene ring substituents is 1. The molecule has 3 rings (SSSR count). The van der Waals surface area contributed by atoms with Gasteiger partial charge < -0.3 is 4.74 Å². The summed E-state index contributed by atoms with van der Waals surface area (Å²) in [6.45, 7) is 0. The van der Waals surface area contributed by atoms with Crippen LogP contribution in [0.5, 0.6) is 0 Å². The van der Waals surface area contributed by atoms with Gasteiger partial charge >= 0.3 is 5.69 Å². The standard InChI is InChI=1S/C14H16N4O5/c19-17(20)9-4-6-11(13(8-9)18(21)22)15-16-12-7-5-10-2-1-3-14(12)23-10/h4,6,8,10,14-15H,1-3,5,7H2/b16-12-/t10-,14+/m1/s1. The second-order valence-corrected chi connectivity index (χ2v) is 5.65. The Morgan fingerprint density at radius 2 is 2.00 bits per heavy atom. The Morgan fingerprint density at radius 3 is 2.74 bits per heavy atom. The van der Waals surface area contributed by atoms with Gasteiger partial charge in [-0.2, -0.15) is 5.10 Å². The van der Waals surface area contributed by atoms with E-state index in [1.165, 1.54) is 12.1 Å². The van der Waals surface area contributed by atoms with Crippen molar-refractivity contribution in [2.75, 3.05) is 5.43 Å². The zero-order valence-corrected chi connectivity index (χ0v) is 12.3. The van der Waals surface area contributed by atoms with Crippen LogP contribution in [0.4, 0.5) is 17.1 Å². The molecule has 0 saturated carbocycles. The SMILES string of the molecule is O=[N+]([O-])c1ccc(N/N=C2/CC[C@H]3CCC[C@@H]2O3)c([N+](=O)[O-])c1. The number of hydrogen-bond acceptors (Lipinski definition) is 7. The van der Waals surface area contributed by atoms with E-state index in [1.54, 1.807) is 0 Å². The first-order valence-electron chi connectivity index (χ1n) is 7.45. The van der Waals surface area contributed by atoms with Crippen LogP contribution >= 0.6 is 0 Å². The van der Waals surface area contributed by atoms with Gasteiger partial charge in [-0.25, -0.2) is 0 Å². The fourth-order valence-electron chi connectivity index (χ4n) is 2.97. The fraction of sp³-hybridized carbons (Fsp3) is 0.500. The highest BCUT2D eigenvalue weighted by atomic mass is 16.6. The van der Waals surface area contributed by atoms with Crippen LogP contribution in [0.15, 0.2) is 23.3 Å². The molecule has 9 nitrogen and oxygen atoms in total. The Balaban J connectivity index is 1.81. The summed E-state index contributed by atoms with van der Waals surface area (Å²) in [4.78, 5) is 20.5. The molecule has 1 aromatic carbocycles. The zero-order chi connectivity index (χ0) is 16.4. The molecule has 0 unspecified atom stereocenters. The number of hydrazone groups is 1. The first-order chi connectivity index (χ1) is 11.0. The number of ether oxygens (including phenoxy) is 1. The first-order valence-corrected chi connectivity index (χ1v) is 7.45. The lowest BCUT2D eigenvalue weighted by Gasteiger charge is -2.35. The van der Waals surface area contributed by atoms with Crippen molar-refractivity contribution in [3.63, 3.8) is 0 Å². The number of nitro benzene ring substituents is 2. The molecule has 1 N–H and O–H groups in total. The van der Waals surface area contributed by atoms with E-state index in [4.69, 9.17) is 4.74 Å². The van der Waals surface area contributed by atoms with Gasteiger partial charge in [-0.1, -0.05) is 0 Å².